The number of ether oxygens (including phenoxy) is 1. The first-order chi connectivity index (χ1) is 12.3. The van der Waals surface area contributed by atoms with Crippen molar-refractivity contribution >= 4 is 20.0 Å². The van der Waals surface area contributed by atoms with Crippen LogP contribution in [0.5, 0.6) is 0 Å². The maximum absolute atomic E-state index is 13.4. The summed E-state index contributed by atoms with van der Waals surface area (Å²) in [6.07, 6.45) is -4.91. The normalized spacial score (nSPS) is 14.8. The largest absolute Gasteiger partial charge is 0.461 e. The smallest absolute Gasteiger partial charge is 0.440 e. The maximum Gasteiger partial charge on any atom is 0.440 e. The molecule has 152 valence electrons. The van der Waals surface area contributed by atoms with E-state index in [4.69, 9.17) is 4.43 Å². The molecule has 0 aliphatic carbocycles. The Morgan fingerprint density at radius 1 is 1.15 bits per heavy atom. The van der Waals surface area contributed by atoms with E-state index in [1.165, 1.54) is 6.92 Å². The van der Waals surface area contributed by atoms with Crippen LogP contribution >= 0.6 is 0 Å². The second-order valence-electron chi connectivity index (χ2n) is 7.69. The number of hydrogen-bond donors (Lipinski definition) is 0. The van der Waals surface area contributed by atoms with Gasteiger partial charge in [0.2, 0.25) is 5.71 Å². The molecule has 1 rings (SSSR count). The Balaban J connectivity index is 3.27. The number of halogens is 3. The van der Waals surface area contributed by atoms with Gasteiger partial charge in [0.25, 0.3) is 0 Å². The zero-order valence-electron chi connectivity index (χ0n) is 16.7. The highest BCUT2D eigenvalue weighted by atomic mass is 28.4. The van der Waals surface area contributed by atoms with Crippen LogP contribution in [0.2, 0.25) is 18.1 Å². The third-order valence-electron chi connectivity index (χ3n) is 4.61. The number of benzene rings is 1. The lowest BCUT2D eigenvalue weighted by molar-refractivity contribution is -0.139. The van der Waals surface area contributed by atoms with Crippen molar-refractivity contribution in [3.63, 3.8) is 0 Å². The Morgan fingerprint density at radius 2 is 1.70 bits per heavy atom. The molecule has 0 aromatic heterocycles. The maximum atomic E-state index is 13.4. The average Bonchev–Trinajstić information content (AvgIpc) is 2.53. The Bertz CT molecular complexity index is 652. The van der Waals surface area contributed by atoms with Gasteiger partial charge < -0.3 is 9.16 Å². The van der Waals surface area contributed by atoms with E-state index < -0.39 is 32.2 Å². The lowest BCUT2D eigenvalue weighted by Crippen LogP contribution is -2.42. The van der Waals surface area contributed by atoms with Crippen molar-refractivity contribution < 1.29 is 27.1 Å². The van der Waals surface area contributed by atoms with Crippen LogP contribution in [0.3, 0.4) is 0 Å². The molecule has 0 saturated carbocycles. The topological polar surface area (TPSA) is 47.9 Å². The Labute approximate surface area is 159 Å². The monoisotopic (exact) mass is 403 g/mol. The molecule has 0 heterocycles. The van der Waals surface area contributed by atoms with Gasteiger partial charge in [-0.15, -0.1) is 0 Å². The van der Waals surface area contributed by atoms with Gasteiger partial charge in [0.05, 0.1) is 19.3 Å². The fourth-order valence-electron chi connectivity index (χ4n) is 1.98. The lowest BCUT2D eigenvalue weighted by atomic mass is 10.1. The summed E-state index contributed by atoms with van der Waals surface area (Å²) in [5, 5.41) is -0.105. The molecular weight excluding hydrogens is 375 g/mol. The van der Waals surface area contributed by atoms with Crippen molar-refractivity contribution in [2.75, 3.05) is 13.2 Å². The summed E-state index contributed by atoms with van der Waals surface area (Å²) in [6, 6.07) is 7.56. The van der Waals surface area contributed by atoms with Crippen LogP contribution in [0, 0.1) is 0 Å². The molecule has 1 atom stereocenters. The minimum absolute atomic E-state index is 0.0422. The van der Waals surface area contributed by atoms with Crippen LogP contribution < -0.4 is 0 Å². The predicted octanol–water partition coefficient (Wildman–Crippen LogP) is 5.32. The molecule has 1 aromatic rings. The van der Waals surface area contributed by atoms with Crippen molar-refractivity contribution in [3.8, 4) is 0 Å². The zero-order valence-corrected chi connectivity index (χ0v) is 17.7. The van der Waals surface area contributed by atoms with Gasteiger partial charge in [-0.3, -0.25) is 4.99 Å². The quantitative estimate of drug-likeness (QED) is 0.352. The number of aliphatic imine (C=N–C) groups is 1. The molecule has 0 bridgehead atoms. The van der Waals surface area contributed by atoms with E-state index in [1.807, 2.05) is 33.9 Å². The third-order valence-corrected chi connectivity index (χ3v) is 9.12. The SMILES string of the molecule is CCOC(=O)/C(=N\[C@@H](CO[Si](C)(C)C(C)(C)C)c1ccccc1)C(F)(F)F. The van der Waals surface area contributed by atoms with Gasteiger partial charge in [-0.25, -0.2) is 4.79 Å². The van der Waals surface area contributed by atoms with Crippen LogP contribution in [-0.2, 0) is 14.0 Å². The third kappa shape index (κ3) is 6.77. The number of esters is 1. The molecule has 0 saturated heterocycles. The van der Waals surface area contributed by atoms with E-state index in [0.717, 1.165) is 0 Å². The summed E-state index contributed by atoms with van der Waals surface area (Å²) < 4.78 is 50.7. The first-order valence-electron chi connectivity index (χ1n) is 8.80. The first kappa shape index (κ1) is 23.4. The van der Waals surface area contributed by atoms with Gasteiger partial charge in [0.1, 0.15) is 0 Å². The van der Waals surface area contributed by atoms with Crippen LogP contribution in [0.1, 0.15) is 39.3 Å². The van der Waals surface area contributed by atoms with Crippen molar-refractivity contribution in [1.82, 2.24) is 0 Å². The molecule has 0 amide bonds. The summed E-state index contributed by atoms with van der Waals surface area (Å²) in [5.41, 5.74) is -1.00. The fraction of sp³-hybridized carbons (Fsp3) is 0.579. The summed E-state index contributed by atoms with van der Waals surface area (Å²) in [7, 11) is -2.21. The van der Waals surface area contributed by atoms with Gasteiger partial charge in [0, 0.05) is 0 Å². The highest BCUT2D eigenvalue weighted by Crippen LogP contribution is 2.37. The Hall–Kier alpha value is -1.67. The summed E-state index contributed by atoms with van der Waals surface area (Å²) in [4.78, 5) is 15.5. The van der Waals surface area contributed by atoms with E-state index in [2.05, 4.69) is 9.73 Å². The van der Waals surface area contributed by atoms with Gasteiger partial charge in [-0.05, 0) is 30.6 Å². The Kier molecular flexibility index (Phi) is 7.80. The lowest BCUT2D eigenvalue weighted by Gasteiger charge is -2.37. The predicted molar refractivity (Wildman–Crippen MR) is 102 cm³/mol. The van der Waals surface area contributed by atoms with Crippen molar-refractivity contribution in [3.05, 3.63) is 35.9 Å². The van der Waals surface area contributed by atoms with E-state index in [-0.39, 0.29) is 18.3 Å². The van der Waals surface area contributed by atoms with Crippen LogP contribution in [0.15, 0.2) is 35.3 Å². The van der Waals surface area contributed by atoms with Gasteiger partial charge in [0.15, 0.2) is 8.32 Å². The standard InChI is InChI=1S/C19H28F3NO3Si/c1-7-25-17(24)16(19(20,21)22)23-15(14-11-9-8-10-12-14)13-26-27(5,6)18(2,3)4/h8-12,15H,7,13H2,1-6H3/b23-16+/t15-/m0/s1. The fourth-order valence-corrected chi connectivity index (χ4v) is 2.99. The highest BCUT2D eigenvalue weighted by molar-refractivity contribution is 6.74. The van der Waals surface area contributed by atoms with Gasteiger partial charge in [-0.1, -0.05) is 51.1 Å². The molecule has 8 heteroatoms. The minimum Gasteiger partial charge on any atom is -0.461 e. The summed E-state index contributed by atoms with van der Waals surface area (Å²) >= 11 is 0. The molecule has 1 aromatic carbocycles. The molecule has 4 nitrogen and oxygen atoms in total. The van der Waals surface area contributed by atoms with Crippen molar-refractivity contribution in [1.29, 1.82) is 0 Å². The summed E-state index contributed by atoms with van der Waals surface area (Å²) in [6.45, 7) is 11.4. The molecule has 0 fully saturated rings. The van der Waals surface area contributed by atoms with Crippen LogP contribution in [0.25, 0.3) is 0 Å². The second kappa shape index (κ2) is 9.01. The first-order valence-corrected chi connectivity index (χ1v) is 11.7. The molecule has 0 radical (unpaired) electrons. The Morgan fingerprint density at radius 3 is 2.15 bits per heavy atom. The molecule has 0 unspecified atom stereocenters. The zero-order chi connectivity index (χ0) is 20.9. The number of carbonyl (C=O) groups is 1. The highest BCUT2D eigenvalue weighted by Gasteiger charge is 2.43. The summed E-state index contributed by atoms with van der Waals surface area (Å²) in [5.74, 6) is -1.47. The molecule has 0 aliphatic rings. The van der Waals surface area contributed by atoms with Crippen LogP contribution in [-0.4, -0.2) is 39.4 Å². The number of carbonyl (C=O) groups excluding carboxylic acids is 1. The van der Waals surface area contributed by atoms with E-state index >= 15 is 0 Å². The molecule has 0 N–H and O–H groups in total. The van der Waals surface area contributed by atoms with Gasteiger partial charge in [-0.2, -0.15) is 13.2 Å². The second-order valence-corrected chi connectivity index (χ2v) is 12.5. The van der Waals surface area contributed by atoms with E-state index in [9.17, 15) is 18.0 Å². The molecular formula is C19H28F3NO3Si. The minimum atomic E-state index is -4.91. The van der Waals surface area contributed by atoms with Gasteiger partial charge >= 0.3 is 12.1 Å². The number of hydrogen-bond acceptors (Lipinski definition) is 4. The van der Waals surface area contributed by atoms with Crippen LogP contribution in [0.4, 0.5) is 13.2 Å². The number of alkyl halides is 3. The molecule has 27 heavy (non-hydrogen) atoms. The average molecular weight is 404 g/mol. The van der Waals surface area contributed by atoms with Crippen molar-refractivity contribution in [2.24, 2.45) is 4.99 Å². The van der Waals surface area contributed by atoms with E-state index in [1.54, 1.807) is 30.3 Å². The number of nitrogens with zero attached hydrogens (tertiary/aromatic N) is 1. The van der Waals surface area contributed by atoms with Crippen molar-refractivity contribution in [2.45, 2.75) is 58.0 Å². The molecule has 0 spiro atoms. The number of rotatable bonds is 7. The molecule has 0 aliphatic heterocycles. The van der Waals surface area contributed by atoms with E-state index in [0.29, 0.717) is 5.56 Å².